The van der Waals surface area contributed by atoms with Crippen molar-refractivity contribution in [2.24, 2.45) is 5.92 Å². The summed E-state index contributed by atoms with van der Waals surface area (Å²) in [6, 6.07) is 12.5. The van der Waals surface area contributed by atoms with Gasteiger partial charge in [0.25, 0.3) is 0 Å². The number of hydrogen-bond acceptors (Lipinski definition) is 3. The van der Waals surface area contributed by atoms with Crippen LogP contribution in [0.3, 0.4) is 0 Å². The summed E-state index contributed by atoms with van der Waals surface area (Å²) < 4.78 is 0. The fourth-order valence-corrected chi connectivity index (χ4v) is 3.09. The van der Waals surface area contributed by atoms with E-state index < -0.39 is 5.97 Å². The third-order valence-corrected chi connectivity index (χ3v) is 4.12. The topological polar surface area (TPSA) is 40.5 Å². The zero-order valence-corrected chi connectivity index (χ0v) is 12.6. The highest BCUT2D eigenvalue weighted by Gasteiger charge is 2.14. The second-order valence-corrected chi connectivity index (χ2v) is 6.10. The van der Waals surface area contributed by atoms with Crippen molar-refractivity contribution in [2.45, 2.75) is 13.5 Å². The molecule has 3 nitrogen and oxygen atoms in total. The molecule has 1 unspecified atom stereocenters. The largest absolute Gasteiger partial charge is 0.481 e. The van der Waals surface area contributed by atoms with Crippen molar-refractivity contribution in [1.82, 2.24) is 4.90 Å². The van der Waals surface area contributed by atoms with Gasteiger partial charge in [-0.15, -0.1) is 11.3 Å². The Balaban J connectivity index is 1.98. The predicted octanol–water partition coefficient (Wildman–Crippen LogP) is 3.57. The molecule has 2 aromatic rings. The molecule has 1 atom stereocenters. The Kier molecular flexibility index (Phi) is 4.93. The summed E-state index contributed by atoms with van der Waals surface area (Å²) in [5.74, 6) is -1.08. The highest BCUT2D eigenvalue weighted by molar-refractivity contribution is 7.10. The summed E-state index contributed by atoms with van der Waals surface area (Å²) in [7, 11) is 1.96. The molecule has 0 amide bonds. The van der Waals surface area contributed by atoms with Gasteiger partial charge in [-0.2, -0.15) is 0 Å². The van der Waals surface area contributed by atoms with E-state index >= 15 is 0 Å². The van der Waals surface area contributed by atoms with Gasteiger partial charge < -0.3 is 10.0 Å². The van der Waals surface area contributed by atoms with Crippen molar-refractivity contribution in [3.05, 3.63) is 46.7 Å². The quantitative estimate of drug-likeness (QED) is 0.884. The molecule has 20 heavy (non-hydrogen) atoms. The summed E-state index contributed by atoms with van der Waals surface area (Å²) in [5.41, 5.74) is 2.45. The van der Waals surface area contributed by atoms with E-state index in [9.17, 15) is 4.79 Å². The second-order valence-electron chi connectivity index (χ2n) is 5.10. The van der Waals surface area contributed by atoms with E-state index in [1.54, 1.807) is 18.3 Å². The lowest BCUT2D eigenvalue weighted by molar-refractivity contribution is -0.141. The van der Waals surface area contributed by atoms with Gasteiger partial charge in [0.2, 0.25) is 0 Å². The molecule has 2 rings (SSSR count). The molecular weight excluding hydrogens is 270 g/mol. The van der Waals surface area contributed by atoms with E-state index in [0.29, 0.717) is 6.54 Å². The Morgan fingerprint density at radius 3 is 2.65 bits per heavy atom. The Morgan fingerprint density at radius 2 is 2.00 bits per heavy atom. The van der Waals surface area contributed by atoms with Crippen molar-refractivity contribution in [3.63, 3.8) is 0 Å². The molecule has 0 bridgehead atoms. The Morgan fingerprint density at radius 1 is 1.30 bits per heavy atom. The number of thiophene rings is 1. The fraction of sp³-hybridized carbons (Fsp3) is 0.312. The van der Waals surface area contributed by atoms with Crippen LogP contribution in [0.5, 0.6) is 0 Å². The molecule has 0 radical (unpaired) electrons. The van der Waals surface area contributed by atoms with Gasteiger partial charge in [0.05, 0.1) is 5.92 Å². The van der Waals surface area contributed by atoms with Gasteiger partial charge in [-0.05, 0) is 29.6 Å². The fourth-order valence-electron chi connectivity index (χ4n) is 2.12. The Hall–Kier alpha value is -1.65. The number of carbonyl (C=O) groups is 1. The standard InChI is InChI=1S/C16H19NO2S/c1-12(16(18)19)9-17(2)10-15-8-14(11-20-15)13-6-4-3-5-7-13/h3-8,11-12H,9-10H2,1-2H3,(H,18,19). The van der Waals surface area contributed by atoms with Gasteiger partial charge in [0.1, 0.15) is 0 Å². The first-order valence-electron chi connectivity index (χ1n) is 6.60. The molecule has 0 aliphatic carbocycles. The van der Waals surface area contributed by atoms with Gasteiger partial charge in [-0.1, -0.05) is 37.3 Å². The lowest BCUT2D eigenvalue weighted by Crippen LogP contribution is -2.27. The van der Waals surface area contributed by atoms with Crippen LogP contribution in [0.4, 0.5) is 0 Å². The number of hydrogen-bond donors (Lipinski definition) is 1. The second kappa shape index (κ2) is 6.68. The van der Waals surface area contributed by atoms with Crippen molar-refractivity contribution in [2.75, 3.05) is 13.6 Å². The maximum atomic E-state index is 10.9. The summed E-state index contributed by atoms with van der Waals surface area (Å²) in [6.07, 6.45) is 0. The average Bonchev–Trinajstić information content (AvgIpc) is 2.88. The first-order chi connectivity index (χ1) is 9.56. The molecule has 1 N–H and O–H groups in total. The molecule has 0 aliphatic rings. The molecule has 0 aliphatic heterocycles. The van der Waals surface area contributed by atoms with Gasteiger partial charge in [-0.3, -0.25) is 4.79 Å². The molecule has 0 saturated carbocycles. The predicted molar refractivity (Wildman–Crippen MR) is 82.9 cm³/mol. The number of nitrogens with zero attached hydrogens (tertiary/aromatic N) is 1. The van der Waals surface area contributed by atoms with E-state index in [-0.39, 0.29) is 5.92 Å². The maximum Gasteiger partial charge on any atom is 0.307 e. The first kappa shape index (κ1) is 14.8. The zero-order chi connectivity index (χ0) is 14.5. The Bertz CT molecular complexity index is 565. The highest BCUT2D eigenvalue weighted by atomic mass is 32.1. The molecule has 1 aromatic heterocycles. The number of aliphatic carboxylic acids is 1. The van der Waals surface area contributed by atoms with Gasteiger partial charge >= 0.3 is 5.97 Å². The molecule has 1 heterocycles. The van der Waals surface area contributed by atoms with Crippen LogP contribution in [0.25, 0.3) is 11.1 Å². The Labute approximate surface area is 123 Å². The number of carboxylic acid groups (broad SMARTS) is 1. The summed E-state index contributed by atoms with van der Waals surface area (Å²) in [4.78, 5) is 14.2. The number of rotatable bonds is 6. The molecule has 4 heteroatoms. The van der Waals surface area contributed by atoms with Crippen LogP contribution in [0.15, 0.2) is 41.8 Å². The van der Waals surface area contributed by atoms with Crippen molar-refractivity contribution >= 4 is 17.3 Å². The maximum absolute atomic E-state index is 10.9. The van der Waals surface area contributed by atoms with Crippen LogP contribution < -0.4 is 0 Å². The highest BCUT2D eigenvalue weighted by Crippen LogP contribution is 2.26. The molecule has 0 fully saturated rings. The van der Waals surface area contributed by atoms with E-state index in [1.165, 1.54) is 16.0 Å². The van der Waals surface area contributed by atoms with Gasteiger partial charge in [-0.25, -0.2) is 0 Å². The molecule has 106 valence electrons. The lowest BCUT2D eigenvalue weighted by atomic mass is 10.1. The minimum absolute atomic E-state index is 0.339. The van der Waals surface area contributed by atoms with Crippen LogP contribution in [0.1, 0.15) is 11.8 Å². The van der Waals surface area contributed by atoms with Gasteiger partial charge in [0.15, 0.2) is 0 Å². The first-order valence-corrected chi connectivity index (χ1v) is 7.48. The SMILES string of the molecule is CC(CN(C)Cc1cc(-c2ccccc2)cs1)C(=O)O. The molecule has 0 saturated heterocycles. The van der Waals surface area contributed by atoms with E-state index in [0.717, 1.165) is 6.54 Å². The summed E-state index contributed by atoms with van der Waals surface area (Å²) in [6.45, 7) is 3.09. The number of carboxylic acids is 1. The average molecular weight is 289 g/mol. The van der Waals surface area contributed by atoms with Crippen LogP contribution in [-0.2, 0) is 11.3 Å². The monoisotopic (exact) mass is 289 g/mol. The van der Waals surface area contributed by atoms with Crippen molar-refractivity contribution < 1.29 is 9.90 Å². The zero-order valence-electron chi connectivity index (χ0n) is 11.7. The smallest absolute Gasteiger partial charge is 0.307 e. The summed E-state index contributed by atoms with van der Waals surface area (Å²) >= 11 is 1.72. The van der Waals surface area contributed by atoms with E-state index in [4.69, 9.17) is 5.11 Å². The molecule has 0 spiro atoms. The normalized spacial score (nSPS) is 12.6. The third-order valence-electron chi connectivity index (χ3n) is 3.19. The third kappa shape index (κ3) is 3.92. The van der Waals surface area contributed by atoms with Crippen molar-refractivity contribution in [1.29, 1.82) is 0 Å². The van der Waals surface area contributed by atoms with E-state index in [2.05, 4.69) is 28.5 Å². The van der Waals surface area contributed by atoms with Crippen molar-refractivity contribution in [3.8, 4) is 11.1 Å². The van der Waals surface area contributed by atoms with Crippen LogP contribution >= 0.6 is 11.3 Å². The minimum atomic E-state index is -0.743. The molecular formula is C16H19NO2S. The van der Waals surface area contributed by atoms with Crippen LogP contribution in [0.2, 0.25) is 0 Å². The minimum Gasteiger partial charge on any atom is -0.481 e. The van der Waals surface area contributed by atoms with Gasteiger partial charge in [0, 0.05) is 18.0 Å². The van der Waals surface area contributed by atoms with Crippen LogP contribution in [0, 0.1) is 5.92 Å². The number of benzene rings is 1. The molecule has 1 aromatic carbocycles. The van der Waals surface area contributed by atoms with Crippen LogP contribution in [-0.4, -0.2) is 29.6 Å². The summed E-state index contributed by atoms with van der Waals surface area (Å²) in [5, 5.41) is 11.1. The van der Waals surface area contributed by atoms with E-state index in [1.807, 2.05) is 25.2 Å². The lowest BCUT2D eigenvalue weighted by Gasteiger charge is -2.17.